The van der Waals surface area contributed by atoms with Crippen LogP contribution in [0.5, 0.6) is 0 Å². The van der Waals surface area contributed by atoms with Gasteiger partial charge >= 0.3 is 0 Å². The summed E-state index contributed by atoms with van der Waals surface area (Å²) in [5.74, 6) is 0.620. The number of hydrogen-bond donors (Lipinski definition) is 3. The van der Waals surface area contributed by atoms with Crippen LogP contribution in [0.4, 0.5) is 10.2 Å². The van der Waals surface area contributed by atoms with E-state index < -0.39 is 6.04 Å². The lowest BCUT2D eigenvalue weighted by molar-refractivity contribution is 0.0940. The van der Waals surface area contributed by atoms with Crippen molar-refractivity contribution in [3.8, 4) is 0 Å². The van der Waals surface area contributed by atoms with Crippen LogP contribution in [0.25, 0.3) is 0 Å². The van der Waals surface area contributed by atoms with Gasteiger partial charge in [-0.3, -0.25) is 4.79 Å². The first-order valence-electron chi connectivity index (χ1n) is 8.31. The number of aliphatic hydroxyl groups excluding tert-OH is 1. The molecule has 0 saturated carbocycles. The van der Waals surface area contributed by atoms with Crippen molar-refractivity contribution >= 4 is 11.7 Å². The summed E-state index contributed by atoms with van der Waals surface area (Å²) in [6.45, 7) is 4.24. The minimum atomic E-state index is -0.454. The highest BCUT2D eigenvalue weighted by molar-refractivity contribution is 5.96. The summed E-state index contributed by atoms with van der Waals surface area (Å²) in [5.41, 5.74) is 1.86. The van der Waals surface area contributed by atoms with Gasteiger partial charge in [-0.2, -0.15) is 0 Å². The minimum Gasteiger partial charge on any atom is -0.394 e. The molecule has 1 aliphatic rings. The summed E-state index contributed by atoms with van der Waals surface area (Å²) in [7, 11) is 0. The molecule has 0 aliphatic carbocycles. The number of anilines is 1. The van der Waals surface area contributed by atoms with Crippen molar-refractivity contribution in [2.24, 2.45) is 0 Å². The fourth-order valence-corrected chi connectivity index (χ4v) is 2.78. The van der Waals surface area contributed by atoms with Crippen LogP contribution in [-0.4, -0.2) is 34.1 Å². The molecule has 2 heterocycles. The normalized spacial score (nSPS) is 14.8. The van der Waals surface area contributed by atoms with Gasteiger partial charge in [-0.25, -0.2) is 14.4 Å². The van der Waals surface area contributed by atoms with Crippen molar-refractivity contribution in [1.82, 2.24) is 15.3 Å². The molecule has 1 aromatic carbocycles. The van der Waals surface area contributed by atoms with Gasteiger partial charge in [-0.1, -0.05) is 26.0 Å². The largest absolute Gasteiger partial charge is 0.394 e. The highest BCUT2D eigenvalue weighted by Crippen LogP contribution is 2.26. The first-order valence-corrected chi connectivity index (χ1v) is 8.31. The second-order valence-electron chi connectivity index (χ2n) is 6.35. The molecule has 2 aromatic rings. The zero-order valence-corrected chi connectivity index (χ0v) is 14.2. The summed E-state index contributed by atoms with van der Waals surface area (Å²) in [6, 6.07) is 5.48. The van der Waals surface area contributed by atoms with Gasteiger partial charge in [0, 0.05) is 18.0 Å². The van der Waals surface area contributed by atoms with Crippen molar-refractivity contribution in [1.29, 1.82) is 0 Å². The van der Waals surface area contributed by atoms with E-state index in [-0.39, 0.29) is 24.2 Å². The molecule has 0 saturated heterocycles. The lowest BCUT2D eigenvalue weighted by Gasteiger charge is -2.24. The summed E-state index contributed by atoms with van der Waals surface area (Å²) in [6.07, 6.45) is 0.614. The summed E-state index contributed by atoms with van der Waals surface area (Å²) in [5, 5.41) is 15.8. The van der Waals surface area contributed by atoms with Crippen LogP contribution in [0.2, 0.25) is 0 Å². The smallest absolute Gasteiger partial charge is 0.270 e. The van der Waals surface area contributed by atoms with Gasteiger partial charge in [0.2, 0.25) is 0 Å². The number of amides is 1. The standard InChI is InChI=1S/C18H21FN4O2/c1-10(2)16-22-15-13(7-8-20-18(15)25)17(23-16)21-14(9-24)11-3-5-12(19)6-4-11/h3-6,10,14,24H,7-9H2,1-2H3,(H,20,25)(H,21,22,23). The van der Waals surface area contributed by atoms with E-state index in [9.17, 15) is 14.3 Å². The van der Waals surface area contributed by atoms with Gasteiger partial charge in [0.05, 0.1) is 12.6 Å². The maximum atomic E-state index is 13.1. The molecule has 1 unspecified atom stereocenters. The Bertz CT molecular complexity index is 777. The highest BCUT2D eigenvalue weighted by Gasteiger charge is 2.25. The molecule has 25 heavy (non-hydrogen) atoms. The molecule has 0 fully saturated rings. The molecule has 0 spiro atoms. The predicted octanol–water partition coefficient (Wildman–Crippen LogP) is 2.17. The molecule has 1 aliphatic heterocycles. The van der Waals surface area contributed by atoms with Crippen LogP contribution in [-0.2, 0) is 6.42 Å². The number of hydrogen-bond acceptors (Lipinski definition) is 5. The van der Waals surface area contributed by atoms with E-state index in [1.165, 1.54) is 12.1 Å². The monoisotopic (exact) mass is 344 g/mol. The quantitative estimate of drug-likeness (QED) is 0.774. The summed E-state index contributed by atoms with van der Waals surface area (Å²) in [4.78, 5) is 21.1. The number of carbonyl (C=O) groups is 1. The molecule has 1 atom stereocenters. The van der Waals surface area contributed by atoms with Crippen molar-refractivity contribution in [2.75, 3.05) is 18.5 Å². The van der Waals surface area contributed by atoms with Crippen LogP contribution >= 0.6 is 0 Å². The Morgan fingerprint density at radius 3 is 2.64 bits per heavy atom. The topological polar surface area (TPSA) is 87.1 Å². The molecule has 3 N–H and O–H groups in total. The zero-order valence-electron chi connectivity index (χ0n) is 14.2. The fraction of sp³-hybridized carbons (Fsp3) is 0.389. The van der Waals surface area contributed by atoms with Gasteiger partial charge in [0.15, 0.2) is 0 Å². The number of aromatic nitrogens is 2. The Hall–Kier alpha value is -2.54. The Morgan fingerprint density at radius 1 is 1.28 bits per heavy atom. The molecule has 7 heteroatoms. The molecule has 0 radical (unpaired) electrons. The first-order chi connectivity index (χ1) is 12.0. The molecule has 0 bridgehead atoms. The van der Waals surface area contributed by atoms with Crippen molar-refractivity contribution in [3.05, 3.63) is 52.7 Å². The highest BCUT2D eigenvalue weighted by atomic mass is 19.1. The second kappa shape index (κ2) is 7.14. The van der Waals surface area contributed by atoms with Crippen LogP contribution < -0.4 is 10.6 Å². The van der Waals surface area contributed by atoms with E-state index in [2.05, 4.69) is 20.6 Å². The van der Waals surface area contributed by atoms with E-state index in [4.69, 9.17) is 0 Å². The van der Waals surface area contributed by atoms with E-state index >= 15 is 0 Å². The average molecular weight is 344 g/mol. The van der Waals surface area contributed by atoms with Gasteiger partial charge in [-0.05, 0) is 24.1 Å². The Morgan fingerprint density at radius 2 is 2.00 bits per heavy atom. The third-order valence-electron chi connectivity index (χ3n) is 4.18. The number of fused-ring (bicyclic) bond motifs is 1. The molecule has 1 aromatic heterocycles. The third kappa shape index (κ3) is 3.61. The van der Waals surface area contributed by atoms with Crippen LogP contribution in [0.15, 0.2) is 24.3 Å². The molecular weight excluding hydrogens is 323 g/mol. The third-order valence-corrected chi connectivity index (χ3v) is 4.18. The number of nitrogens with one attached hydrogen (secondary N) is 2. The van der Waals surface area contributed by atoms with Gasteiger partial charge in [0.25, 0.3) is 5.91 Å². The zero-order chi connectivity index (χ0) is 18.0. The lowest BCUT2D eigenvalue weighted by Crippen LogP contribution is -2.34. The van der Waals surface area contributed by atoms with Crippen LogP contribution in [0.1, 0.15) is 53.2 Å². The summed E-state index contributed by atoms with van der Waals surface area (Å²) >= 11 is 0. The van der Waals surface area contributed by atoms with Crippen LogP contribution in [0.3, 0.4) is 0 Å². The van der Waals surface area contributed by atoms with Crippen molar-refractivity contribution in [3.63, 3.8) is 0 Å². The number of aliphatic hydroxyl groups is 1. The van der Waals surface area contributed by atoms with Crippen LogP contribution in [0, 0.1) is 5.82 Å². The number of rotatable bonds is 5. The Kier molecular flexibility index (Phi) is 4.94. The molecule has 6 nitrogen and oxygen atoms in total. The second-order valence-corrected chi connectivity index (χ2v) is 6.35. The molecular formula is C18H21FN4O2. The maximum Gasteiger partial charge on any atom is 0.270 e. The summed E-state index contributed by atoms with van der Waals surface area (Å²) < 4.78 is 13.1. The van der Waals surface area contributed by atoms with E-state index in [1.807, 2.05) is 13.8 Å². The molecule has 1 amide bonds. The average Bonchev–Trinajstić information content (AvgIpc) is 2.60. The SMILES string of the molecule is CC(C)c1nc(NC(CO)c2ccc(F)cc2)c2c(n1)C(=O)NCC2. The van der Waals surface area contributed by atoms with Gasteiger partial charge in [0.1, 0.15) is 23.2 Å². The lowest BCUT2D eigenvalue weighted by atomic mass is 10.0. The molecule has 132 valence electrons. The van der Waals surface area contributed by atoms with E-state index in [0.29, 0.717) is 30.3 Å². The van der Waals surface area contributed by atoms with Crippen molar-refractivity contribution in [2.45, 2.75) is 32.2 Å². The Balaban J connectivity index is 2.00. The maximum absolute atomic E-state index is 13.1. The Labute approximate surface area is 145 Å². The van der Waals surface area contributed by atoms with Gasteiger partial charge < -0.3 is 15.7 Å². The predicted molar refractivity (Wildman–Crippen MR) is 92.0 cm³/mol. The van der Waals surface area contributed by atoms with E-state index in [1.54, 1.807) is 12.1 Å². The minimum absolute atomic E-state index is 0.0546. The van der Waals surface area contributed by atoms with Gasteiger partial charge in [-0.15, -0.1) is 0 Å². The number of carbonyl (C=O) groups excluding carboxylic acids is 1. The van der Waals surface area contributed by atoms with Crippen molar-refractivity contribution < 1.29 is 14.3 Å². The number of benzene rings is 1. The number of halogens is 1. The molecule has 3 rings (SSSR count). The number of nitrogens with zero attached hydrogens (tertiary/aromatic N) is 2. The first kappa shape index (κ1) is 17.3. The van der Waals surface area contributed by atoms with E-state index in [0.717, 1.165) is 11.1 Å². The fourth-order valence-electron chi connectivity index (χ4n) is 2.78.